The molecule has 186 valence electrons. The molecule has 4 rings (SSSR count). The van der Waals surface area contributed by atoms with Crippen molar-refractivity contribution in [3.63, 3.8) is 0 Å². The molecule has 1 N–H and O–H groups in total. The van der Waals surface area contributed by atoms with Crippen molar-refractivity contribution in [1.29, 1.82) is 0 Å². The summed E-state index contributed by atoms with van der Waals surface area (Å²) in [6.45, 7) is 14.7. The second-order valence-corrected chi connectivity index (χ2v) is 9.90. The van der Waals surface area contributed by atoms with Gasteiger partial charge in [0.05, 0.1) is 11.0 Å². The number of piperazine rings is 1. The molecular weight excluding hydrogens is 438 g/mol. The van der Waals surface area contributed by atoms with Crippen LogP contribution in [0.5, 0.6) is 0 Å². The van der Waals surface area contributed by atoms with E-state index in [0.717, 1.165) is 49.2 Å². The summed E-state index contributed by atoms with van der Waals surface area (Å²) in [5.41, 5.74) is 6.43. The molecule has 2 heterocycles. The van der Waals surface area contributed by atoms with Crippen LogP contribution >= 0.6 is 0 Å². The zero-order valence-electron chi connectivity index (χ0n) is 21.6. The average molecular weight is 476 g/mol. The molecule has 1 aliphatic rings. The molecule has 7 heteroatoms. The van der Waals surface area contributed by atoms with E-state index in [4.69, 9.17) is 0 Å². The molecule has 2 aromatic carbocycles. The first-order valence-electron chi connectivity index (χ1n) is 12.5. The lowest BCUT2D eigenvalue weighted by atomic mass is 10.1. The summed E-state index contributed by atoms with van der Waals surface area (Å²) < 4.78 is 1.55. The predicted octanol–water partition coefficient (Wildman–Crippen LogP) is 3.35. The van der Waals surface area contributed by atoms with Crippen molar-refractivity contribution in [2.24, 2.45) is 0 Å². The lowest BCUT2D eigenvalue weighted by Gasteiger charge is -2.41. The van der Waals surface area contributed by atoms with E-state index in [0.29, 0.717) is 23.8 Å². The Morgan fingerprint density at radius 3 is 2.60 bits per heavy atom. The second kappa shape index (κ2) is 10.6. The molecule has 0 bridgehead atoms. The van der Waals surface area contributed by atoms with E-state index in [-0.39, 0.29) is 18.0 Å². The Labute approximate surface area is 207 Å². The smallest absolute Gasteiger partial charge is 0.272 e. The Kier molecular flexibility index (Phi) is 7.55. The van der Waals surface area contributed by atoms with Crippen LogP contribution in [0.3, 0.4) is 0 Å². The fourth-order valence-electron chi connectivity index (χ4n) is 4.94. The Morgan fingerprint density at radius 1 is 1.09 bits per heavy atom. The van der Waals surface area contributed by atoms with Crippen molar-refractivity contribution in [1.82, 2.24) is 19.8 Å². The highest BCUT2D eigenvalue weighted by molar-refractivity contribution is 5.81. The van der Waals surface area contributed by atoms with Crippen molar-refractivity contribution >= 4 is 22.6 Å². The van der Waals surface area contributed by atoms with Gasteiger partial charge in [-0.1, -0.05) is 12.1 Å². The first-order valence-corrected chi connectivity index (χ1v) is 12.5. The number of fused-ring (bicyclic) bond motifs is 1. The number of benzene rings is 2. The predicted molar refractivity (Wildman–Crippen MR) is 142 cm³/mol. The number of hydrogen-bond acceptors (Lipinski definition) is 5. The van der Waals surface area contributed by atoms with Crippen molar-refractivity contribution in [2.45, 2.75) is 53.6 Å². The van der Waals surface area contributed by atoms with Crippen molar-refractivity contribution in [3.8, 4) is 0 Å². The number of carbonyl (C=O) groups is 1. The lowest BCUT2D eigenvalue weighted by Crippen LogP contribution is -2.52. The van der Waals surface area contributed by atoms with Crippen molar-refractivity contribution in [2.75, 3.05) is 37.6 Å². The maximum atomic E-state index is 12.7. The van der Waals surface area contributed by atoms with Crippen LogP contribution in [0.25, 0.3) is 11.0 Å². The quantitative estimate of drug-likeness (QED) is 0.531. The molecule has 35 heavy (non-hydrogen) atoms. The minimum Gasteiger partial charge on any atom is -0.366 e. The standard InChI is InChI=1S/C28H37N5O2/c1-19-8-6-9-24(14-19)32-13-12-31(17-22(32)4)11-7-10-29-27(34)18-33-26-16-21(3)20(2)15-25(26)30-23(5)28(33)35/h6,8-9,14-16,22H,7,10-13,17-18H2,1-5H3,(H,29,34)/t22-/m1/s1. The highest BCUT2D eigenvalue weighted by Gasteiger charge is 2.23. The number of aromatic nitrogens is 2. The number of hydrogen-bond donors (Lipinski definition) is 1. The van der Waals surface area contributed by atoms with E-state index >= 15 is 0 Å². The van der Waals surface area contributed by atoms with E-state index in [1.807, 2.05) is 26.0 Å². The molecule has 1 aromatic heterocycles. The molecule has 1 fully saturated rings. The van der Waals surface area contributed by atoms with Gasteiger partial charge in [-0.25, -0.2) is 4.98 Å². The third-order valence-electron chi connectivity index (χ3n) is 7.04. The molecule has 1 saturated heterocycles. The maximum Gasteiger partial charge on any atom is 0.272 e. The Morgan fingerprint density at radius 2 is 1.86 bits per heavy atom. The van der Waals surface area contributed by atoms with Gasteiger partial charge in [0, 0.05) is 37.9 Å². The minimum atomic E-state index is -0.212. The molecular formula is C28H37N5O2. The fraction of sp³-hybridized carbons (Fsp3) is 0.464. The van der Waals surface area contributed by atoms with Gasteiger partial charge in [0.25, 0.3) is 5.56 Å². The number of carbonyl (C=O) groups excluding carboxylic acids is 1. The van der Waals surface area contributed by atoms with Gasteiger partial charge in [-0.05, 0) is 88.5 Å². The third-order valence-corrected chi connectivity index (χ3v) is 7.04. The summed E-state index contributed by atoms with van der Waals surface area (Å²) >= 11 is 0. The number of aryl methyl sites for hydroxylation is 4. The summed E-state index contributed by atoms with van der Waals surface area (Å²) in [4.78, 5) is 34.8. The van der Waals surface area contributed by atoms with E-state index in [9.17, 15) is 9.59 Å². The molecule has 0 unspecified atom stereocenters. The van der Waals surface area contributed by atoms with Crippen LogP contribution in [0.15, 0.2) is 41.2 Å². The first-order chi connectivity index (χ1) is 16.7. The van der Waals surface area contributed by atoms with Gasteiger partial charge >= 0.3 is 0 Å². The fourth-order valence-corrected chi connectivity index (χ4v) is 4.94. The van der Waals surface area contributed by atoms with Crippen LogP contribution in [0, 0.1) is 27.7 Å². The molecule has 1 aliphatic heterocycles. The number of anilines is 1. The molecule has 7 nitrogen and oxygen atoms in total. The molecule has 0 spiro atoms. The van der Waals surface area contributed by atoms with Crippen LogP contribution in [0.1, 0.15) is 35.7 Å². The highest BCUT2D eigenvalue weighted by Crippen LogP contribution is 2.21. The highest BCUT2D eigenvalue weighted by atomic mass is 16.2. The Balaban J connectivity index is 1.28. The van der Waals surface area contributed by atoms with Gasteiger partial charge < -0.3 is 10.2 Å². The number of amides is 1. The van der Waals surface area contributed by atoms with E-state index < -0.39 is 0 Å². The van der Waals surface area contributed by atoms with Gasteiger partial charge in [0.15, 0.2) is 0 Å². The number of nitrogens with one attached hydrogen (secondary N) is 1. The van der Waals surface area contributed by atoms with Crippen molar-refractivity contribution in [3.05, 3.63) is 69.1 Å². The first kappa shape index (κ1) is 24.9. The third kappa shape index (κ3) is 5.73. The lowest BCUT2D eigenvalue weighted by molar-refractivity contribution is -0.121. The Bertz CT molecular complexity index is 1280. The largest absolute Gasteiger partial charge is 0.366 e. The van der Waals surface area contributed by atoms with Crippen LogP contribution in [0.2, 0.25) is 0 Å². The monoisotopic (exact) mass is 475 g/mol. The number of rotatable bonds is 7. The minimum absolute atomic E-state index is 0.00734. The van der Waals surface area contributed by atoms with Gasteiger partial charge in [-0.15, -0.1) is 0 Å². The zero-order chi connectivity index (χ0) is 25.1. The summed E-state index contributed by atoms with van der Waals surface area (Å²) in [6.07, 6.45) is 0.881. The maximum absolute atomic E-state index is 12.7. The van der Waals surface area contributed by atoms with Crippen LogP contribution < -0.4 is 15.8 Å². The van der Waals surface area contributed by atoms with Crippen LogP contribution in [-0.2, 0) is 11.3 Å². The van der Waals surface area contributed by atoms with Crippen LogP contribution in [-0.4, -0.2) is 59.1 Å². The van der Waals surface area contributed by atoms with Gasteiger partial charge in [0.1, 0.15) is 12.2 Å². The topological polar surface area (TPSA) is 70.5 Å². The Hall–Kier alpha value is -3.19. The van der Waals surface area contributed by atoms with E-state index in [2.05, 4.69) is 58.2 Å². The normalized spacial score (nSPS) is 16.6. The zero-order valence-corrected chi connectivity index (χ0v) is 21.6. The molecule has 0 radical (unpaired) electrons. The summed E-state index contributed by atoms with van der Waals surface area (Å²) in [6, 6.07) is 13.1. The molecule has 0 aliphatic carbocycles. The van der Waals surface area contributed by atoms with Crippen LogP contribution in [0.4, 0.5) is 5.69 Å². The molecule has 3 aromatic rings. The van der Waals surface area contributed by atoms with Gasteiger partial charge in [-0.2, -0.15) is 0 Å². The second-order valence-electron chi connectivity index (χ2n) is 9.90. The summed E-state index contributed by atoms with van der Waals surface area (Å²) in [7, 11) is 0. The number of nitrogens with zero attached hydrogens (tertiary/aromatic N) is 4. The average Bonchev–Trinajstić information content (AvgIpc) is 2.81. The van der Waals surface area contributed by atoms with E-state index in [1.54, 1.807) is 11.5 Å². The summed E-state index contributed by atoms with van der Waals surface area (Å²) in [5, 5.41) is 3.00. The molecule has 0 saturated carbocycles. The van der Waals surface area contributed by atoms with Crippen molar-refractivity contribution < 1.29 is 4.79 Å². The SMILES string of the molecule is Cc1cccc(N2CCN(CCCNC(=O)Cn3c(=O)c(C)nc4cc(C)c(C)cc43)C[C@H]2C)c1. The molecule has 1 atom stereocenters. The van der Waals surface area contributed by atoms with Gasteiger partial charge in [0.2, 0.25) is 5.91 Å². The summed E-state index contributed by atoms with van der Waals surface area (Å²) in [5.74, 6) is -0.144. The van der Waals surface area contributed by atoms with E-state index in [1.165, 1.54) is 11.3 Å². The molecule has 1 amide bonds. The van der Waals surface area contributed by atoms with Gasteiger partial charge in [-0.3, -0.25) is 19.1 Å².